The van der Waals surface area contributed by atoms with Crippen molar-refractivity contribution in [3.63, 3.8) is 0 Å². The minimum atomic E-state index is -0.986. The predicted molar refractivity (Wildman–Crippen MR) is 58.4 cm³/mol. The summed E-state index contributed by atoms with van der Waals surface area (Å²) < 4.78 is 10.3. The summed E-state index contributed by atoms with van der Waals surface area (Å²) in [5.74, 6) is -1.06. The van der Waals surface area contributed by atoms with E-state index in [4.69, 9.17) is 9.47 Å². The highest BCUT2D eigenvalue weighted by atomic mass is 16.7. The van der Waals surface area contributed by atoms with Crippen molar-refractivity contribution in [2.45, 2.75) is 38.9 Å². The Balaban J connectivity index is 2.57. The first-order valence-electron chi connectivity index (χ1n) is 5.18. The molecule has 0 fully saturated rings. The van der Waals surface area contributed by atoms with Gasteiger partial charge in [0.25, 0.3) is 0 Å². The maximum Gasteiger partial charge on any atom is 0.337 e. The molecule has 16 heavy (non-hydrogen) atoms. The number of ketones is 1. The molecule has 0 radical (unpaired) electrons. The second kappa shape index (κ2) is 4.96. The van der Waals surface area contributed by atoms with Crippen LogP contribution in [0.25, 0.3) is 0 Å². The SMILES string of the molecule is C=CCCC(=O)CC1=CC(=O)OC(C)(C)O1. The standard InChI is InChI=1S/C12H16O4/c1-4-5-6-9(13)7-10-8-11(14)16-12(2,3)15-10/h4,8H,1,5-7H2,2-3H3. The van der Waals surface area contributed by atoms with Gasteiger partial charge in [-0.05, 0) is 6.42 Å². The maximum absolute atomic E-state index is 11.5. The van der Waals surface area contributed by atoms with Crippen molar-refractivity contribution in [2.24, 2.45) is 0 Å². The lowest BCUT2D eigenvalue weighted by Gasteiger charge is -2.30. The smallest absolute Gasteiger partial charge is 0.337 e. The second-order valence-electron chi connectivity index (χ2n) is 4.08. The van der Waals surface area contributed by atoms with Gasteiger partial charge in [-0.3, -0.25) is 4.79 Å². The Kier molecular flexibility index (Phi) is 3.88. The molecular weight excluding hydrogens is 208 g/mol. The first-order chi connectivity index (χ1) is 7.43. The predicted octanol–water partition coefficient (Wildman–Crippen LogP) is 2.11. The Morgan fingerprint density at radius 3 is 2.75 bits per heavy atom. The fourth-order valence-corrected chi connectivity index (χ4v) is 1.40. The largest absolute Gasteiger partial charge is 0.456 e. The number of carbonyl (C=O) groups excluding carboxylic acids is 2. The third-order valence-electron chi connectivity index (χ3n) is 2.00. The summed E-state index contributed by atoms with van der Waals surface area (Å²) in [6.07, 6.45) is 4.09. The molecule has 0 unspecified atom stereocenters. The molecule has 88 valence electrons. The summed E-state index contributed by atoms with van der Waals surface area (Å²) in [5.41, 5.74) is 0. The first-order valence-corrected chi connectivity index (χ1v) is 5.18. The molecule has 0 amide bonds. The number of cyclic esters (lactones) is 1. The number of hydrogen-bond donors (Lipinski definition) is 0. The topological polar surface area (TPSA) is 52.6 Å². The fourth-order valence-electron chi connectivity index (χ4n) is 1.40. The van der Waals surface area contributed by atoms with Gasteiger partial charge in [-0.15, -0.1) is 6.58 Å². The summed E-state index contributed by atoms with van der Waals surface area (Å²) in [6, 6.07) is 0. The van der Waals surface area contributed by atoms with Crippen molar-refractivity contribution < 1.29 is 19.1 Å². The third-order valence-corrected chi connectivity index (χ3v) is 2.00. The Labute approximate surface area is 94.9 Å². The van der Waals surface area contributed by atoms with Crippen molar-refractivity contribution in [3.8, 4) is 0 Å². The molecule has 1 aliphatic rings. The van der Waals surface area contributed by atoms with Gasteiger partial charge >= 0.3 is 5.97 Å². The molecule has 0 aliphatic carbocycles. The van der Waals surface area contributed by atoms with Gasteiger partial charge in [0.2, 0.25) is 5.79 Å². The fraction of sp³-hybridized carbons (Fsp3) is 0.500. The summed E-state index contributed by atoms with van der Waals surface area (Å²) in [7, 11) is 0. The van der Waals surface area contributed by atoms with Crippen LogP contribution in [0.5, 0.6) is 0 Å². The van der Waals surface area contributed by atoms with Crippen LogP contribution >= 0.6 is 0 Å². The van der Waals surface area contributed by atoms with E-state index < -0.39 is 11.8 Å². The number of ether oxygens (including phenoxy) is 2. The number of rotatable bonds is 5. The number of allylic oxidation sites excluding steroid dienone is 2. The molecule has 0 N–H and O–H groups in total. The van der Waals surface area contributed by atoms with E-state index in [1.54, 1.807) is 19.9 Å². The molecule has 0 saturated carbocycles. The van der Waals surface area contributed by atoms with Crippen molar-refractivity contribution >= 4 is 11.8 Å². The van der Waals surface area contributed by atoms with Gasteiger partial charge in [0.15, 0.2) is 0 Å². The molecule has 1 heterocycles. The highest BCUT2D eigenvalue weighted by Gasteiger charge is 2.30. The normalized spacial score (nSPS) is 18.1. The lowest BCUT2D eigenvalue weighted by Crippen LogP contribution is -2.34. The molecule has 0 atom stereocenters. The van der Waals surface area contributed by atoms with E-state index in [-0.39, 0.29) is 12.2 Å². The number of hydrogen-bond acceptors (Lipinski definition) is 4. The van der Waals surface area contributed by atoms with Crippen molar-refractivity contribution in [1.82, 2.24) is 0 Å². The van der Waals surface area contributed by atoms with Crippen LogP contribution in [0.4, 0.5) is 0 Å². The van der Waals surface area contributed by atoms with Gasteiger partial charge in [0, 0.05) is 20.3 Å². The molecule has 0 aromatic heterocycles. The molecule has 0 spiro atoms. The van der Waals surface area contributed by atoms with Gasteiger partial charge in [-0.1, -0.05) is 6.08 Å². The van der Waals surface area contributed by atoms with E-state index in [9.17, 15) is 9.59 Å². The van der Waals surface area contributed by atoms with Gasteiger partial charge in [0.05, 0.1) is 12.5 Å². The van der Waals surface area contributed by atoms with E-state index in [0.717, 1.165) is 0 Å². The molecule has 0 bridgehead atoms. The van der Waals surface area contributed by atoms with Crippen LogP contribution in [-0.4, -0.2) is 17.5 Å². The third kappa shape index (κ3) is 3.88. The quantitative estimate of drug-likeness (QED) is 0.530. The van der Waals surface area contributed by atoms with Crippen molar-refractivity contribution in [3.05, 3.63) is 24.5 Å². The van der Waals surface area contributed by atoms with Gasteiger partial charge in [-0.25, -0.2) is 4.79 Å². The lowest BCUT2D eigenvalue weighted by atomic mass is 10.1. The lowest BCUT2D eigenvalue weighted by molar-refractivity contribution is -0.205. The van der Waals surface area contributed by atoms with Gasteiger partial charge in [-0.2, -0.15) is 0 Å². The van der Waals surface area contributed by atoms with Crippen LogP contribution in [0.15, 0.2) is 24.5 Å². The van der Waals surface area contributed by atoms with Crippen LogP contribution in [0.3, 0.4) is 0 Å². The average Bonchev–Trinajstić information content (AvgIpc) is 2.11. The van der Waals surface area contributed by atoms with E-state index in [1.165, 1.54) is 6.08 Å². The Morgan fingerprint density at radius 1 is 1.50 bits per heavy atom. The highest BCUT2D eigenvalue weighted by Crippen LogP contribution is 2.24. The number of carbonyl (C=O) groups is 2. The molecular formula is C12H16O4. The number of Topliss-reactive ketones (excluding diaryl/α,β-unsaturated/α-hetero) is 1. The van der Waals surface area contributed by atoms with E-state index in [2.05, 4.69) is 6.58 Å². The van der Waals surface area contributed by atoms with Crippen molar-refractivity contribution in [1.29, 1.82) is 0 Å². The zero-order valence-corrected chi connectivity index (χ0v) is 9.62. The molecule has 0 aromatic rings. The van der Waals surface area contributed by atoms with Crippen LogP contribution in [0.2, 0.25) is 0 Å². The molecule has 1 rings (SSSR count). The van der Waals surface area contributed by atoms with E-state index in [0.29, 0.717) is 18.6 Å². The molecule has 1 aliphatic heterocycles. The van der Waals surface area contributed by atoms with Crippen LogP contribution in [0.1, 0.15) is 33.1 Å². The van der Waals surface area contributed by atoms with Crippen LogP contribution < -0.4 is 0 Å². The minimum absolute atomic E-state index is 0.0247. The Hall–Kier alpha value is -1.58. The number of esters is 1. The Morgan fingerprint density at radius 2 is 2.19 bits per heavy atom. The van der Waals surface area contributed by atoms with E-state index >= 15 is 0 Å². The van der Waals surface area contributed by atoms with Crippen molar-refractivity contribution in [2.75, 3.05) is 0 Å². The second-order valence-corrected chi connectivity index (χ2v) is 4.08. The van der Waals surface area contributed by atoms with Gasteiger partial charge in [0.1, 0.15) is 11.5 Å². The Bertz CT molecular complexity index is 339. The zero-order chi connectivity index (χ0) is 12.2. The van der Waals surface area contributed by atoms with E-state index in [1.807, 2.05) is 0 Å². The van der Waals surface area contributed by atoms with Gasteiger partial charge < -0.3 is 9.47 Å². The van der Waals surface area contributed by atoms with Crippen LogP contribution in [-0.2, 0) is 19.1 Å². The molecule has 0 aromatic carbocycles. The first kappa shape index (κ1) is 12.5. The molecule has 0 saturated heterocycles. The average molecular weight is 224 g/mol. The minimum Gasteiger partial charge on any atom is -0.456 e. The summed E-state index contributed by atoms with van der Waals surface area (Å²) >= 11 is 0. The summed E-state index contributed by atoms with van der Waals surface area (Å²) in [4.78, 5) is 22.6. The zero-order valence-electron chi connectivity index (χ0n) is 9.62. The van der Waals surface area contributed by atoms with Crippen LogP contribution in [0, 0.1) is 0 Å². The monoisotopic (exact) mass is 224 g/mol. The summed E-state index contributed by atoms with van der Waals surface area (Å²) in [6.45, 7) is 6.80. The summed E-state index contributed by atoms with van der Waals surface area (Å²) in [5, 5.41) is 0. The maximum atomic E-state index is 11.5. The highest BCUT2D eigenvalue weighted by molar-refractivity contribution is 5.86. The molecule has 4 heteroatoms. The molecule has 4 nitrogen and oxygen atoms in total.